The maximum absolute atomic E-state index is 11.1. The van der Waals surface area contributed by atoms with E-state index in [4.69, 9.17) is 16.7 Å². The highest BCUT2D eigenvalue weighted by Crippen LogP contribution is 2.31. The Morgan fingerprint density at radius 1 is 1.15 bits per heavy atom. The minimum atomic E-state index is -0.882. The van der Waals surface area contributed by atoms with E-state index in [-0.39, 0.29) is 6.42 Å². The Morgan fingerprint density at radius 2 is 1.93 bits per heavy atom. The van der Waals surface area contributed by atoms with E-state index < -0.39 is 5.97 Å². The Balaban J connectivity index is 1.88. The number of hydrogen-bond donors (Lipinski definition) is 2. The van der Waals surface area contributed by atoms with Crippen molar-refractivity contribution in [2.24, 2.45) is 0 Å². The van der Waals surface area contributed by atoms with E-state index in [1.807, 2.05) is 50.2 Å². The van der Waals surface area contributed by atoms with E-state index in [0.29, 0.717) is 21.7 Å². The zero-order valence-corrected chi connectivity index (χ0v) is 16.4. The number of halogens is 1. The summed E-state index contributed by atoms with van der Waals surface area (Å²) in [5, 5.41) is 13.1. The standard InChI is InChI=1S/C20H18ClN3O2S/c1-12-6-5-8-15(13(12)2)22-18-11-17(21)23-20(24-18)27-16-9-4-3-7-14(16)10-19(25)26/h3-9,11H,10H2,1-2H3,(H,25,26)(H,22,23,24). The predicted molar refractivity (Wildman–Crippen MR) is 108 cm³/mol. The first-order valence-corrected chi connectivity index (χ1v) is 9.47. The highest BCUT2D eigenvalue weighted by molar-refractivity contribution is 7.99. The molecule has 27 heavy (non-hydrogen) atoms. The Kier molecular flexibility index (Phi) is 5.98. The maximum Gasteiger partial charge on any atom is 0.307 e. The van der Waals surface area contributed by atoms with Crippen molar-refractivity contribution in [3.63, 3.8) is 0 Å². The molecule has 0 saturated carbocycles. The molecule has 0 aliphatic carbocycles. The van der Waals surface area contributed by atoms with Gasteiger partial charge in [0.05, 0.1) is 6.42 Å². The van der Waals surface area contributed by atoms with Crippen LogP contribution in [0.4, 0.5) is 11.5 Å². The molecule has 138 valence electrons. The fourth-order valence-corrected chi connectivity index (χ4v) is 3.68. The lowest BCUT2D eigenvalue weighted by atomic mass is 10.1. The highest BCUT2D eigenvalue weighted by atomic mass is 35.5. The third kappa shape index (κ3) is 4.99. The minimum absolute atomic E-state index is 0.0582. The molecular weight excluding hydrogens is 382 g/mol. The van der Waals surface area contributed by atoms with Gasteiger partial charge in [0.25, 0.3) is 0 Å². The topological polar surface area (TPSA) is 75.1 Å². The van der Waals surface area contributed by atoms with Gasteiger partial charge in [-0.3, -0.25) is 4.79 Å². The normalized spacial score (nSPS) is 10.6. The van der Waals surface area contributed by atoms with Gasteiger partial charge in [0.15, 0.2) is 5.16 Å². The first kappa shape index (κ1) is 19.2. The van der Waals surface area contributed by atoms with Crippen molar-refractivity contribution in [3.05, 3.63) is 70.4 Å². The lowest BCUT2D eigenvalue weighted by molar-refractivity contribution is -0.136. The van der Waals surface area contributed by atoms with Gasteiger partial charge in [-0.05, 0) is 54.4 Å². The van der Waals surface area contributed by atoms with E-state index in [2.05, 4.69) is 15.3 Å². The van der Waals surface area contributed by atoms with Crippen molar-refractivity contribution in [2.75, 3.05) is 5.32 Å². The average Bonchev–Trinajstić information content (AvgIpc) is 2.60. The number of hydrogen-bond acceptors (Lipinski definition) is 5. The number of aliphatic carboxylic acids is 1. The fourth-order valence-electron chi connectivity index (χ4n) is 2.54. The van der Waals surface area contributed by atoms with Crippen LogP contribution in [-0.4, -0.2) is 21.0 Å². The zero-order valence-electron chi connectivity index (χ0n) is 14.9. The third-order valence-corrected chi connectivity index (χ3v) is 5.23. The summed E-state index contributed by atoms with van der Waals surface area (Å²) < 4.78 is 0. The molecule has 1 aromatic heterocycles. The van der Waals surface area contributed by atoms with Crippen LogP contribution >= 0.6 is 23.4 Å². The van der Waals surface area contributed by atoms with Gasteiger partial charge in [0.2, 0.25) is 0 Å². The van der Waals surface area contributed by atoms with Crippen LogP contribution in [0, 0.1) is 13.8 Å². The first-order valence-electron chi connectivity index (χ1n) is 8.28. The molecular formula is C20H18ClN3O2S. The number of carboxylic acid groups (broad SMARTS) is 1. The van der Waals surface area contributed by atoms with Gasteiger partial charge in [-0.2, -0.15) is 0 Å². The summed E-state index contributed by atoms with van der Waals surface area (Å²) in [6.45, 7) is 4.09. The molecule has 0 spiro atoms. The molecule has 3 aromatic rings. The molecule has 0 aliphatic rings. The smallest absolute Gasteiger partial charge is 0.307 e. The van der Waals surface area contributed by atoms with Gasteiger partial charge in [0.1, 0.15) is 11.0 Å². The Bertz CT molecular complexity index is 995. The van der Waals surface area contributed by atoms with Crippen molar-refractivity contribution >= 4 is 40.8 Å². The van der Waals surface area contributed by atoms with Crippen molar-refractivity contribution < 1.29 is 9.90 Å². The molecule has 0 saturated heterocycles. The summed E-state index contributed by atoms with van der Waals surface area (Å²) in [4.78, 5) is 20.6. The van der Waals surface area contributed by atoms with Crippen LogP contribution < -0.4 is 5.32 Å². The van der Waals surface area contributed by atoms with E-state index >= 15 is 0 Å². The lowest BCUT2D eigenvalue weighted by Gasteiger charge is -2.12. The van der Waals surface area contributed by atoms with Crippen LogP contribution in [0.3, 0.4) is 0 Å². The monoisotopic (exact) mass is 399 g/mol. The van der Waals surface area contributed by atoms with E-state index in [0.717, 1.165) is 16.1 Å². The summed E-state index contributed by atoms with van der Waals surface area (Å²) in [6.07, 6.45) is -0.0582. The van der Waals surface area contributed by atoms with Crippen LogP contribution in [0.25, 0.3) is 0 Å². The summed E-state index contributed by atoms with van der Waals surface area (Å²) >= 11 is 7.47. The van der Waals surface area contributed by atoms with E-state index in [1.165, 1.54) is 17.3 Å². The van der Waals surface area contributed by atoms with Crippen molar-refractivity contribution in [3.8, 4) is 0 Å². The summed E-state index contributed by atoms with van der Waals surface area (Å²) in [7, 11) is 0. The van der Waals surface area contributed by atoms with Crippen LogP contribution in [0.2, 0.25) is 5.15 Å². The van der Waals surface area contributed by atoms with Crippen LogP contribution in [0.15, 0.2) is 58.6 Å². The Hall–Kier alpha value is -2.57. The molecule has 0 bridgehead atoms. The molecule has 2 N–H and O–H groups in total. The zero-order chi connectivity index (χ0) is 19.4. The molecule has 3 rings (SSSR count). The number of anilines is 2. The number of nitrogens with zero attached hydrogens (tertiary/aromatic N) is 2. The van der Waals surface area contributed by atoms with E-state index in [1.54, 1.807) is 12.1 Å². The number of carboxylic acids is 1. The first-order chi connectivity index (χ1) is 12.9. The van der Waals surface area contributed by atoms with Crippen LogP contribution in [-0.2, 0) is 11.2 Å². The molecule has 0 amide bonds. The molecule has 5 nitrogen and oxygen atoms in total. The fraction of sp³-hybridized carbons (Fsp3) is 0.150. The van der Waals surface area contributed by atoms with Crippen molar-refractivity contribution in [1.82, 2.24) is 9.97 Å². The Morgan fingerprint density at radius 3 is 2.70 bits per heavy atom. The summed E-state index contributed by atoms with van der Waals surface area (Å²) in [5.41, 5.74) is 3.97. The van der Waals surface area contributed by atoms with Gasteiger partial charge in [0, 0.05) is 16.6 Å². The second-order valence-corrected chi connectivity index (χ2v) is 7.41. The number of aromatic nitrogens is 2. The lowest BCUT2D eigenvalue weighted by Crippen LogP contribution is -2.02. The summed E-state index contributed by atoms with van der Waals surface area (Å²) in [5.74, 6) is -0.297. The third-order valence-electron chi connectivity index (χ3n) is 4.06. The molecule has 2 aromatic carbocycles. The number of carbonyl (C=O) groups is 1. The van der Waals surface area contributed by atoms with Crippen LogP contribution in [0.5, 0.6) is 0 Å². The van der Waals surface area contributed by atoms with Crippen molar-refractivity contribution in [2.45, 2.75) is 30.3 Å². The van der Waals surface area contributed by atoms with Gasteiger partial charge in [-0.25, -0.2) is 9.97 Å². The van der Waals surface area contributed by atoms with Crippen LogP contribution in [0.1, 0.15) is 16.7 Å². The maximum atomic E-state index is 11.1. The van der Waals surface area contributed by atoms with Crippen molar-refractivity contribution in [1.29, 1.82) is 0 Å². The quantitative estimate of drug-likeness (QED) is 0.434. The molecule has 7 heteroatoms. The number of nitrogens with one attached hydrogen (secondary N) is 1. The largest absolute Gasteiger partial charge is 0.481 e. The molecule has 0 radical (unpaired) electrons. The van der Waals surface area contributed by atoms with Gasteiger partial charge >= 0.3 is 5.97 Å². The minimum Gasteiger partial charge on any atom is -0.481 e. The predicted octanol–water partition coefficient (Wildman–Crippen LogP) is 5.27. The van der Waals surface area contributed by atoms with Gasteiger partial charge < -0.3 is 10.4 Å². The number of benzene rings is 2. The second kappa shape index (κ2) is 8.41. The highest BCUT2D eigenvalue weighted by Gasteiger charge is 2.11. The molecule has 0 fully saturated rings. The average molecular weight is 400 g/mol. The summed E-state index contributed by atoms with van der Waals surface area (Å²) in [6, 6.07) is 15.0. The van der Waals surface area contributed by atoms with Gasteiger partial charge in [-0.1, -0.05) is 41.9 Å². The molecule has 0 unspecified atom stereocenters. The van der Waals surface area contributed by atoms with E-state index in [9.17, 15) is 4.79 Å². The molecule has 1 heterocycles. The number of aryl methyl sites for hydroxylation is 1. The molecule has 0 atom stereocenters. The Labute approximate surface area is 166 Å². The molecule has 0 aliphatic heterocycles. The SMILES string of the molecule is Cc1cccc(Nc2cc(Cl)nc(Sc3ccccc3CC(=O)O)n2)c1C. The second-order valence-electron chi connectivity index (χ2n) is 6.01. The van der Waals surface area contributed by atoms with Gasteiger partial charge in [-0.15, -0.1) is 0 Å². The number of rotatable bonds is 6.